The van der Waals surface area contributed by atoms with Crippen molar-refractivity contribution >= 4 is 17.7 Å². The lowest BCUT2D eigenvalue weighted by Gasteiger charge is -2.25. The van der Waals surface area contributed by atoms with Gasteiger partial charge in [0.1, 0.15) is 0 Å². The molecule has 192 valence electrons. The van der Waals surface area contributed by atoms with Crippen LogP contribution in [0.15, 0.2) is 60.8 Å². The molecule has 0 bridgehead atoms. The summed E-state index contributed by atoms with van der Waals surface area (Å²) in [6.45, 7) is 5.25. The van der Waals surface area contributed by atoms with Crippen molar-refractivity contribution in [2.24, 2.45) is 5.73 Å². The Kier molecular flexibility index (Phi) is 8.03. The number of aliphatic carboxylic acids is 1. The zero-order chi connectivity index (χ0) is 26.5. The van der Waals surface area contributed by atoms with E-state index in [1.807, 2.05) is 53.2 Å². The van der Waals surface area contributed by atoms with Crippen LogP contribution >= 0.6 is 0 Å². The quantitative estimate of drug-likeness (QED) is 0.486. The summed E-state index contributed by atoms with van der Waals surface area (Å²) < 4.78 is 33.6. The first-order valence-electron chi connectivity index (χ1n) is 11.3. The summed E-state index contributed by atoms with van der Waals surface area (Å²) in [5.41, 5.74) is 11.1. The Labute approximate surface area is 206 Å². The average molecular weight is 504 g/mol. The highest BCUT2D eigenvalue weighted by Crippen LogP contribution is 2.30. The number of hydrogen-bond donors (Lipinski definition) is 3. The zero-order valence-electron chi connectivity index (χ0n) is 19.9. The normalized spacial score (nSPS) is 17.3. The Balaban J connectivity index is 0.000000454. The van der Waals surface area contributed by atoms with Crippen molar-refractivity contribution < 1.29 is 27.9 Å². The molecule has 11 heteroatoms. The SMILES string of the molecule is CCc1c(NC(=O)N2CCC(N)(c3ccccc3)C2)cnn1-c1ccccc1C.O=C(O)C(F)(F)F. The maximum Gasteiger partial charge on any atom is 0.490 e. The number of aryl methyl sites for hydroxylation is 1. The van der Waals surface area contributed by atoms with Gasteiger partial charge in [-0.3, -0.25) is 0 Å². The van der Waals surface area contributed by atoms with E-state index in [9.17, 15) is 18.0 Å². The Hall–Kier alpha value is -3.86. The molecule has 0 radical (unpaired) electrons. The number of rotatable bonds is 4. The molecule has 0 aliphatic carbocycles. The van der Waals surface area contributed by atoms with Crippen molar-refractivity contribution in [1.29, 1.82) is 0 Å². The van der Waals surface area contributed by atoms with Gasteiger partial charge in [-0.25, -0.2) is 14.3 Å². The number of urea groups is 1. The third-order valence-electron chi connectivity index (χ3n) is 5.97. The second-order valence-electron chi connectivity index (χ2n) is 8.48. The van der Waals surface area contributed by atoms with Crippen LogP contribution in [-0.4, -0.2) is 51.1 Å². The van der Waals surface area contributed by atoms with E-state index < -0.39 is 17.7 Å². The van der Waals surface area contributed by atoms with E-state index in [1.54, 1.807) is 11.1 Å². The van der Waals surface area contributed by atoms with Crippen LogP contribution in [0.3, 0.4) is 0 Å². The molecule has 8 nitrogen and oxygen atoms in total. The van der Waals surface area contributed by atoms with Crippen LogP contribution in [0.2, 0.25) is 0 Å². The fourth-order valence-corrected chi connectivity index (χ4v) is 4.03. The number of carboxylic acid groups (broad SMARTS) is 1. The fourth-order valence-electron chi connectivity index (χ4n) is 4.03. The van der Waals surface area contributed by atoms with Crippen molar-refractivity contribution in [2.75, 3.05) is 18.4 Å². The molecule has 1 aliphatic rings. The molecule has 0 saturated carbocycles. The van der Waals surface area contributed by atoms with Crippen LogP contribution in [0.25, 0.3) is 5.69 Å². The first kappa shape index (κ1) is 26.7. The highest BCUT2D eigenvalue weighted by atomic mass is 19.4. The van der Waals surface area contributed by atoms with Gasteiger partial charge in [0, 0.05) is 13.1 Å². The predicted octanol–water partition coefficient (Wildman–Crippen LogP) is 4.47. The van der Waals surface area contributed by atoms with Gasteiger partial charge in [-0.2, -0.15) is 18.3 Å². The van der Waals surface area contributed by atoms with E-state index in [2.05, 4.69) is 30.3 Å². The van der Waals surface area contributed by atoms with E-state index in [-0.39, 0.29) is 6.03 Å². The molecule has 1 atom stereocenters. The number of alkyl halides is 3. The lowest BCUT2D eigenvalue weighted by Crippen LogP contribution is -2.42. The molecule has 2 heterocycles. The van der Waals surface area contributed by atoms with Gasteiger partial charge < -0.3 is 21.1 Å². The summed E-state index contributed by atoms with van der Waals surface area (Å²) in [4.78, 5) is 23.6. The molecule has 0 spiro atoms. The number of carboxylic acids is 1. The summed E-state index contributed by atoms with van der Waals surface area (Å²) in [7, 11) is 0. The highest BCUT2D eigenvalue weighted by molar-refractivity contribution is 5.90. The number of carbonyl (C=O) groups excluding carboxylic acids is 1. The Morgan fingerprint density at radius 1 is 1.14 bits per heavy atom. The Morgan fingerprint density at radius 3 is 2.33 bits per heavy atom. The smallest absolute Gasteiger partial charge is 0.475 e. The first-order valence-corrected chi connectivity index (χ1v) is 11.3. The van der Waals surface area contributed by atoms with Crippen LogP contribution in [0, 0.1) is 6.92 Å². The maximum absolute atomic E-state index is 12.9. The number of benzene rings is 2. The number of carbonyl (C=O) groups is 2. The Bertz CT molecular complexity index is 1210. The van der Waals surface area contributed by atoms with E-state index in [1.165, 1.54) is 0 Å². The fraction of sp³-hybridized carbons (Fsp3) is 0.320. The third kappa shape index (κ3) is 6.03. The maximum atomic E-state index is 12.9. The van der Waals surface area contributed by atoms with Gasteiger partial charge in [-0.15, -0.1) is 0 Å². The van der Waals surface area contributed by atoms with Gasteiger partial charge in [-0.05, 0) is 37.0 Å². The molecule has 1 aliphatic heterocycles. The number of nitrogens with zero attached hydrogens (tertiary/aromatic N) is 3. The minimum Gasteiger partial charge on any atom is -0.475 e. The molecule has 36 heavy (non-hydrogen) atoms. The van der Waals surface area contributed by atoms with Gasteiger partial charge >= 0.3 is 18.2 Å². The van der Waals surface area contributed by atoms with Crippen molar-refractivity contribution in [1.82, 2.24) is 14.7 Å². The molecule has 1 aromatic heterocycles. The van der Waals surface area contributed by atoms with Crippen LogP contribution in [0.4, 0.5) is 23.7 Å². The summed E-state index contributed by atoms with van der Waals surface area (Å²) in [6, 6.07) is 18.0. The van der Waals surface area contributed by atoms with Gasteiger partial charge in [0.2, 0.25) is 0 Å². The molecular weight excluding hydrogens is 475 g/mol. The number of para-hydroxylation sites is 1. The van der Waals surface area contributed by atoms with E-state index in [0.717, 1.165) is 41.0 Å². The monoisotopic (exact) mass is 503 g/mol. The average Bonchev–Trinajstić information content (AvgIpc) is 3.44. The second-order valence-corrected chi connectivity index (χ2v) is 8.48. The Morgan fingerprint density at radius 2 is 1.75 bits per heavy atom. The molecule has 1 fully saturated rings. The highest BCUT2D eigenvalue weighted by Gasteiger charge is 2.39. The van der Waals surface area contributed by atoms with E-state index >= 15 is 0 Å². The van der Waals surface area contributed by atoms with Gasteiger partial charge in [0.05, 0.1) is 28.8 Å². The van der Waals surface area contributed by atoms with Crippen molar-refractivity contribution in [3.05, 3.63) is 77.6 Å². The summed E-state index contributed by atoms with van der Waals surface area (Å²) >= 11 is 0. The molecule has 2 amide bonds. The topological polar surface area (TPSA) is 113 Å². The molecule has 4 N–H and O–H groups in total. The summed E-state index contributed by atoms with van der Waals surface area (Å²) in [6.07, 6.45) is -1.85. The summed E-state index contributed by atoms with van der Waals surface area (Å²) in [5, 5.41) is 14.7. The number of amides is 2. The van der Waals surface area contributed by atoms with Gasteiger partial charge in [0.25, 0.3) is 0 Å². The van der Waals surface area contributed by atoms with Crippen LogP contribution in [0.5, 0.6) is 0 Å². The van der Waals surface area contributed by atoms with E-state index in [0.29, 0.717) is 13.1 Å². The number of nitrogens with one attached hydrogen (secondary N) is 1. The predicted molar refractivity (Wildman–Crippen MR) is 129 cm³/mol. The minimum absolute atomic E-state index is 0.132. The first-order chi connectivity index (χ1) is 17.0. The van der Waals surface area contributed by atoms with Crippen LogP contribution in [0.1, 0.15) is 30.2 Å². The molecule has 1 unspecified atom stereocenters. The van der Waals surface area contributed by atoms with Crippen LogP contribution in [-0.2, 0) is 16.8 Å². The number of halogens is 3. The number of hydrogen-bond acceptors (Lipinski definition) is 4. The second kappa shape index (κ2) is 10.8. The van der Waals surface area contributed by atoms with Crippen molar-refractivity contribution in [3.63, 3.8) is 0 Å². The standard InChI is InChI=1S/C23H27N5O.C2HF3O2/c1-3-20-19(15-25-28(20)21-12-8-7-9-17(21)2)26-22(29)27-14-13-23(24,16-27)18-10-5-4-6-11-18;3-2(4,5)1(6)7/h4-12,15H,3,13-14,16,24H2,1-2H3,(H,26,29);(H,6,7). The zero-order valence-corrected chi connectivity index (χ0v) is 19.9. The number of aromatic nitrogens is 2. The van der Waals surface area contributed by atoms with Crippen LogP contribution < -0.4 is 11.1 Å². The van der Waals surface area contributed by atoms with Crippen molar-refractivity contribution in [3.8, 4) is 5.69 Å². The number of likely N-dealkylation sites (tertiary alicyclic amines) is 1. The largest absolute Gasteiger partial charge is 0.490 e. The van der Waals surface area contributed by atoms with E-state index in [4.69, 9.17) is 15.6 Å². The molecular formula is C25H28F3N5O3. The third-order valence-corrected chi connectivity index (χ3v) is 5.97. The molecule has 2 aromatic carbocycles. The molecule has 3 aromatic rings. The van der Waals surface area contributed by atoms with Gasteiger partial charge in [0.15, 0.2) is 0 Å². The van der Waals surface area contributed by atoms with Crippen molar-refractivity contribution in [2.45, 2.75) is 38.4 Å². The molecule has 1 saturated heterocycles. The van der Waals surface area contributed by atoms with Gasteiger partial charge in [-0.1, -0.05) is 55.5 Å². The lowest BCUT2D eigenvalue weighted by atomic mass is 9.90. The summed E-state index contributed by atoms with van der Waals surface area (Å²) in [5.74, 6) is -2.76. The number of nitrogens with two attached hydrogens (primary N) is 1. The molecule has 4 rings (SSSR count). The lowest BCUT2D eigenvalue weighted by molar-refractivity contribution is -0.192. The minimum atomic E-state index is -5.08. The number of anilines is 1.